The monoisotopic (exact) mass is 257 g/mol. The van der Waals surface area contributed by atoms with Gasteiger partial charge in [0.1, 0.15) is 0 Å². The van der Waals surface area contributed by atoms with Crippen LogP contribution in [-0.2, 0) is 4.79 Å². The van der Waals surface area contributed by atoms with Crippen molar-refractivity contribution >= 4 is 11.6 Å². The minimum absolute atomic E-state index is 0.134. The molecule has 0 aliphatic carbocycles. The number of hydrogen-bond acceptors (Lipinski definition) is 3. The molecule has 2 rings (SSSR count). The molecular weight excluding hydrogens is 238 g/mol. The van der Waals surface area contributed by atoms with Gasteiger partial charge in [0.25, 0.3) is 0 Å². The van der Waals surface area contributed by atoms with E-state index in [2.05, 4.69) is 18.3 Å². The van der Waals surface area contributed by atoms with E-state index in [1.165, 1.54) is 6.42 Å². The van der Waals surface area contributed by atoms with Crippen LogP contribution in [0.2, 0.25) is 0 Å². The van der Waals surface area contributed by atoms with Crippen LogP contribution in [0.25, 0.3) is 0 Å². The molecule has 1 saturated heterocycles. The van der Waals surface area contributed by atoms with Crippen LogP contribution in [0.5, 0.6) is 0 Å². The van der Waals surface area contributed by atoms with Gasteiger partial charge in [0, 0.05) is 18.3 Å². The second-order valence-corrected chi connectivity index (χ2v) is 4.98. The lowest BCUT2D eigenvalue weighted by atomic mass is 10.0. The Hall–Kier alpha value is -2.02. The standard InChI is InChI=1S/C15H19N3O/c1-12-5-2-3-8-18(12)15(19)11-17-14-7-4-6-13(9-14)10-16/h4,6-7,9,12,17H,2-3,5,8,11H2,1H3. The molecule has 1 atom stereocenters. The Balaban J connectivity index is 1.91. The normalized spacial score (nSPS) is 18.7. The third-order valence-electron chi connectivity index (χ3n) is 3.56. The number of piperidine rings is 1. The molecule has 1 aromatic rings. The summed E-state index contributed by atoms with van der Waals surface area (Å²) in [7, 11) is 0. The molecule has 1 unspecified atom stereocenters. The number of nitrogens with one attached hydrogen (secondary N) is 1. The smallest absolute Gasteiger partial charge is 0.242 e. The van der Waals surface area contributed by atoms with Crippen molar-refractivity contribution in [1.82, 2.24) is 4.90 Å². The lowest BCUT2D eigenvalue weighted by Gasteiger charge is -2.33. The summed E-state index contributed by atoms with van der Waals surface area (Å²) in [5, 5.41) is 11.9. The Morgan fingerprint density at radius 1 is 1.53 bits per heavy atom. The van der Waals surface area contributed by atoms with Gasteiger partial charge in [-0.3, -0.25) is 4.79 Å². The van der Waals surface area contributed by atoms with Gasteiger partial charge in [-0.05, 0) is 44.4 Å². The fourth-order valence-corrected chi connectivity index (χ4v) is 2.45. The van der Waals surface area contributed by atoms with Gasteiger partial charge in [-0.25, -0.2) is 0 Å². The van der Waals surface area contributed by atoms with E-state index < -0.39 is 0 Å². The zero-order chi connectivity index (χ0) is 13.7. The predicted molar refractivity (Wildman–Crippen MR) is 74.7 cm³/mol. The first-order valence-electron chi connectivity index (χ1n) is 6.74. The van der Waals surface area contributed by atoms with E-state index in [1.54, 1.807) is 12.1 Å². The minimum Gasteiger partial charge on any atom is -0.376 e. The fourth-order valence-electron chi connectivity index (χ4n) is 2.45. The highest BCUT2D eigenvalue weighted by Gasteiger charge is 2.22. The summed E-state index contributed by atoms with van der Waals surface area (Å²) in [5.74, 6) is 0.134. The molecule has 1 aliphatic rings. The van der Waals surface area contributed by atoms with Crippen molar-refractivity contribution in [3.8, 4) is 6.07 Å². The number of rotatable bonds is 3. The van der Waals surface area contributed by atoms with Gasteiger partial charge in [-0.1, -0.05) is 6.07 Å². The first-order chi connectivity index (χ1) is 9.20. The van der Waals surface area contributed by atoms with Crippen molar-refractivity contribution in [2.75, 3.05) is 18.4 Å². The van der Waals surface area contributed by atoms with Crippen LogP contribution in [0, 0.1) is 11.3 Å². The number of benzene rings is 1. The summed E-state index contributed by atoms with van der Waals surface area (Å²) in [5.41, 5.74) is 1.42. The molecular formula is C15H19N3O. The molecule has 1 aliphatic heterocycles. The SMILES string of the molecule is CC1CCCCN1C(=O)CNc1cccc(C#N)c1. The number of carbonyl (C=O) groups is 1. The number of nitriles is 1. The number of anilines is 1. The Labute approximate surface area is 114 Å². The molecule has 1 aromatic carbocycles. The maximum absolute atomic E-state index is 12.1. The van der Waals surface area contributed by atoms with Gasteiger partial charge in [0.15, 0.2) is 0 Å². The van der Waals surface area contributed by atoms with E-state index in [9.17, 15) is 4.79 Å². The van der Waals surface area contributed by atoms with Crippen LogP contribution in [0.4, 0.5) is 5.69 Å². The van der Waals surface area contributed by atoms with Crippen LogP contribution in [0.1, 0.15) is 31.7 Å². The van der Waals surface area contributed by atoms with Crippen LogP contribution in [0.3, 0.4) is 0 Å². The van der Waals surface area contributed by atoms with Crippen molar-refractivity contribution in [3.63, 3.8) is 0 Å². The van der Waals surface area contributed by atoms with E-state index in [0.717, 1.165) is 25.1 Å². The highest BCUT2D eigenvalue weighted by molar-refractivity contribution is 5.81. The minimum atomic E-state index is 0.134. The topological polar surface area (TPSA) is 56.1 Å². The average molecular weight is 257 g/mol. The molecule has 4 heteroatoms. The first-order valence-corrected chi connectivity index (χ1v) is 6.74. The number of hydrogen-bond donors (Lipinski definition) is 1. The van der Waals surface area contributed by atoms with Gasteiger partial charge in [-0.2, -0.15) is 5.26 Å². The van der Waals surface area contributed by atoms with Crippen LogP contribution < -0.4 is 5.32 Å². The first kappa shape index (κ1) is 13.4. The quantitative estimate of drug-likeness (QED) is 0.904. The fraction of sp³-hybridized carbons (Fsp3) is 0.467. The van der Waals surface area contributed by atoms with Crippen molar-refractivity contribution in [1.29, 1.82) is 5.26 Å². The summed E-state index contributed by atoms with van der Waals surface area (Å²) < 4.78 is 0. The molecule has 0 spiro atoms. The van der Waals surface area contributed by atoms with Crippen molar-refractivity contribution in [2.45, 2.75) is 32.2 Å². The highest BCUT2D eigenvalue weighted by Crippen LogP contribution is 2.16. The van der Waals surface area contributed by atoms with Gasteiger partial charge >= 0.3 is 0 Å². The number of nitrogens with zero attached hydrogens (tertiary/aromatic N) is 2. The summed E-state index contributed by atoms with van der Waals surface area (Å²) in [6, 6.07) is 9.62. The molecule has 19 heavy (non-hydrogen) atoms. The molecule has 4 nitrogen and oxygen atoms in total. The summed E-state index contributed by atoms with van der Waals surface area (Å²) in [6.45, 7) is 3.26. The second-order valence-electron chi connectivity index (χ2n) is 4.98. The third-order valence-corrected chi connectivity index (χ3v) is 3.56. The Bertz CT molecular complexity index is 492. The molecule has 100 valence electrons. The summed E-state index contributed by atoms with van der Waals surface area (Å²) in [6.07, 6.45) is 3.40. The Morgan fingerprint density at radius 3 is 3.11 bits per heavy atom. The Kier molecular flexibility index (Phi) is 4.40. The van der Waals surface area contributed by atoms with Gasteiger partial charge in [0.05, 0.1) is 18.2 Å². The van der Waals surface area contributed by atoms with Gasteiger partial charge in [-0.15, -0.1) is 0 Å². The lowest BCUT2D eigenvalue weighted by molar-refractivity contribution is -0.132. The van der Waals surface area contributed by atoms with E-state index in [-0.39, 0.29) is 5.91 Å². The molecule has 1 N–H and O–H groups in total. The maximum atomic E-state index is 12.1. The second kappa shape index (κ2) is 6.24. The van der Waals surface area contributed by atoms with Crippen molar-refractivity contribution in [2.24, 2.45) is 0 Å². The number of amides is 1. The van der Waals surface area contributed by atoms with Crippen LogP contribution >= 0.6 is 0 Å². The van der Waals surface area contributed by atoms with Crippen molar-refractivity contribution < 1.29 is 4.79 Å². The molecule has 0 bridgehead atoms. The zero-order valence-electron chi connectivity index (χ0n) is 11.2. The zero-order valence-corrected chi connectivity index (χ0v) is 11.2. The lowest BCUT2D eigenvalue weighted by Crippen LogP contribution is -2.44. The van der Waals surface area contributed by atoms with E-state index >= 15 is 0 Å². The van der Waals surface area contributed by atoms with E-state index in [0.29, 0.717) is 18.2 Å². The predicted octanol–water partition coefficient (Wildman–Crippen LogP) is 2.37. The average Bonchev–Trinajstić information content (AvgIpc) is 2.45. The van der Waals surface area contributed by atoms with E-state index in [1.807, 2.05) is 17.0 Å². The summed E-state index contributed by atoms with van der Waals surface area (Å²) in [4.78, 5) is 14.1. The number of carbonyl (C=O) groups excluding carboxylic acids is 1. The molecule has 1 heterocycles. The molecule has 1 fully saturated rings. The Morgan fingerprint density at radius 2 is 2.37 bits per heavy atom. The largest absolute Gasteiger partial charge is 0.376 e. The van der Waals surface area contributed by atoms with E-state index in [4.69, 9.17) is 5.26 Å². The maximum Gasteiger partial charge on any atom is 0.242 e. The van der Waals surface area contributed by atoms with Gasteiger partial charge < -0.3 is 10.2 Å². The number of likely N-dealkylation sites (tertiary alicyclic amines) is 1. The van der Waals surface area contributed by atoms with Gasteiger partial charge in [0.2, 0.25) is 5.91 Å². The highest BCUT2D eigenvalue weighted by atomic mass is 16.2. The van der Waals surface area contributed by atoms with Crippen LogP contribution in [-0.4, -0.2) is 29.9 Å². The molecule has 0 saturated carbocycles. The summed E-state index contributed by atoms with van der Waals surface area (Å²) >= 11 is 0. The molecule has 0 aromatic heterocycles. The third kappa shape index (κ3) is 3.47. The van der Waals surface area contributed by atoms with Crippen LogP contribution in [0.15, 0.2) is 24.3 Å². The van der Waals surface area contributed by atoms with Crippen molar-refractivity contribution in [3.05, 3.63) is 29.8 Å². The molecule has 1 amide bonds. The molecule has 0 radical (unpaired) electrons.